The van der Waals surface area contributed by atoms with Crippen molar-refractivity contribution >= 4 is 24.2 Å². The van der Waals surface area contributed by atoms with Crippen molar-refractivity contribution in [2.24, 2.45) is 9.98 Å². The minimum atomic E-state index is -0.503. The van der Waals surface area contributed by atoms with Crippen molar-refractivity contribution in [2.45, 2.75) is 44.9 Å². The highest BCUT2D eigenvalue weighted by atomic mass is 16.3. The predicted octanol–water partition coefficient (Wildman–Crippen LogP) is 3.73. The number of β-amino-alcohol motifs (C(OH)–C–C–N with tert-alkyl or cyclic N) is 1. The van der Waals surface area contributed by atoms with Gasteiger partial charge in [0.05, 0.1) is 6.10 Å². The van der Waals surface area contributed by atoms with E-state index in [0.717, 1.165) is 62.4 Å². The third kappa shape index (κ3) is 6.15. The van der Waals surface area contributed by atoms with Crippen LogP contribution in [-0.4, -0.2) is 70.9 Å². The minimum Gasteiger partial charge on any atom is -0.390 e. The van der Waals surface area contributed by atoms with Gasteiger partial charge in [-0.25, -0.2) is 15.0 Å². The van der Waals surface area contributed by atoms with Gasteiger partial charge in [-0.3, -0.25) is 4.90 Å². The molecule has 194 valence electrons. The number of fused-ring (bicyclic) bond motifs is 1. The molecule has 2 aliphatic heterocycles. The lowest BCUT2D eigenvalue weighted by Crippen LogP contribution is -2.39. The molecule has 4 heterocycles. The predicted molar refractivity (Wildman–Crippen MR) is 150 cm³/mol. The molecule has 0 radical (unpaired) electrons. The summed E-state index contributed by atoms with van der Waals surface area (Å²) in [6, 6.07) is 14.9. The summed E-state index contributed by atoms with van der Waals surface area (Å²) in [6.07, 6.45) is 6.57. The van der Waals surface area contributed by atoms with Crippen LogP contribution in [0.4, 0.5) is 11.6 Å². The zero-order valence-electron chi connectivity index (χ0n) is 21.6. The van der Waals surface area contributed by atoms with E-state index in [4.69, 9.17) is 4.99 Å². The van der Waals surface area contributed by atoms with E-state index in [-0.39, 0.29) is 0 Å². The lowest BCUT2D eigenvalue weighted by molar-refractivity contribution is 0.114. The number of benzene rings is 1. The van der Waals surface area contributed by atoms with Gasteiger partial charge in [0, 0.05) is 50.2 Å². The van der Waals surface area contributed by atoms with Crippen LogP contribution in [0, 0.1) is 6.92 Å². The normalized spacial score (nSPS) is 17.8. The van der Waals surface area contributed by atoms with E-state index in [9.17, 15) is 5.11 Å². The Balaban J connectivity index is 1.23. The molecule has 1 aromatic carbocycles. The second-order valence-electron chi connectivity index (χ2n) is 10.0. The van der Waals surface area contributed by atoms with Gasteiger partial charge in [0.25, 0.3) is 0 Å². The Morgan fingerprint density at radius 3 is 2.84 bits per heavy atom. The van der Waals surface area contributed by atoms with E-state index >= 15 is 0 Å². The van der Waals surface area contributed by atoms with Crippen LogP contribution in [0.25, 0.3) is 0 Å². The Morgan fingerprint density at radius 1 is 1.22 bits per heavy atom. The van der Waals surface area contributed by atoms with Gasteiger partial charge in [-0.15, -0.1) is 0 Å². The number of amidine groups is 1. The molecule has 2 aromatic heterocycles. The molecule has 0 saturated carbocycles. The van der Waals surface area contributed by atoms with Gasteiger partial charge in [-0.2, -0.15) is 0 Å². The summed E-state index contributed by atoms with van der Waals surface area (Å²) in [4.78, 5) is 15.9. The molecule has 37 heavy (non-hydrogen) atoms. The fourth-order valence-electron chi connectivity index (χ4n) is 5.32. The number of nitrogens with zero attached hydrogens (tertiary/aromatic N) is 5. The zero-order valence-corrected chi connectivity index (χ0v) is 21.6. The average Bonchev–Trinajstić information content (AvgIpc) is 3.30. The quantitative estimate of drug-likeness (QED) is 0.325. The van der Waals surface area contributed by atoms with Crippen LogP contribution < -0.4 is 10.6 Å². The molecule has 3 N–H and O–H groups in total. The maximum Gasteiger partial charge on any atom is 0.161 e. The molecule has 1 atom stereocenters. The zero-order chi connectivity index (χ0) is 25.6. The molecule has 1 fully saturated rings. The van der Waals surface area contributed by atoms with Crippen molar-refractivity contribution in [1.29, 1.82) is 0 Å². The summed E-state index contributed by atoms with van der Waals surface area (Å²) in [5, 5.41) is 17.4. The highest BCUT2D eigenvalue weighted by Gasteiger charge is 2.20. The molecular formula is C29H37N7O. The summed E-state index contributed by atoms with van der Waals surface area (Å²) < 4.78 is 2.27. The molecule has 0 amide bonds. The van der Waals surface area contributed by atoms with Crippen molar-refractivity contribution in [3.05, 3.63) is 77.1 Å². The number of anilines is 1. The highest BCUT2D eigenvalue weighted by molar-refractivity contribution is 6.03. The van der Waals surface area contributed by atoms with Crippen molar-refractivity contribution < 1.29 is 5.11 Å². The van der Waals surface area contributed by atoms with Crippen LogP contribution in [0.2, 0.25) is 0 Å². The standard InChI is InChI=1S/C29H37N7O/c1-21-10-16-36(25-8-12-31-13-9-25)29(21)34-28(30-2)23-7-14-32-27(17-23)33-18-26(37)20-35-15-11-22-5-3-4-6-24(22)19-35/h3-7,10,14,16-17,25-26,31,37H,2,8-9,11-13,15,18-20H2,1H3,(H,32,33). The molecule has 8 heteroatoms. The van der Waals surface area contributed by atoms with Crippen LogP contribution >= 0.6 is 0 Å². The molecule has 0 spiro atoms. The van der Waals surface area contributed by atoms with Crippen LogP contribution in [-0.2, 0) is 13.0 Å². The second kappa shape index (κ2) is 11.8. The maximum absolute atomic E-state index is 10.7. The first kappa shape index (κ1) is 25.3. The third-order valence-electron chi connectivity index (χ3n) is 7.36. The molecule has 0 aliphatic carbocycles. The molecule has 2 aliphatic rings. The number of aryl methyl sites for hydroxylation is 1. The second-order valence-corrected chi connectivity index (χ2v) is 10.0. The summed E-state index contributed by atoms with van der Waals surface area (Å²) >= 11 is 0. The van der Waals surface area contributed by atoms with Gasteiger partial charge in [0.2, 0.25) is 0 Å². The maximum atomic E-state index is 10.7. The number of hydrogen-bond donors (Lipinski definition) is 3. The first-order valence-corrected chi connectivity index (χ1v) is 13.2. The Bertz CT molecular complexity index is 1240. The fourth-order valence-corrected chi connectivity index (χ4v) is 5.32. The Hall–Kier alpha value is -3.33. The summed E-state index contributed by atoms with van der Waals surface area (Å²) in [7, 11) is 0. The van der Waals surface area contributed by atoms with Gasteiger partial charge in [0.1, 0.15) is 11.6 Å². The molecule has 1 saturated heterocycles. The monoisotopic (exact) mass is 499 g/mol. The molecule has 3 aromatic rings. The van der Waals surface area contributed by atoms with E-state index in [2.05, 4.69) is 80.2 Å². The number of hydrogen-bond acceptors (Lipinski definition) is 6. The molecule has 8 nitrogen and oxygen atoms in total. The fraction of sp³-hybridized carbons (Fsp3) is 0.414. The number of pyridine rings is 1. The Kier molecular flexibility index (Phi) is 8.08. The molecule has 0 bridgehead atoms. The largest absolute Gasteiger partial charge is 0.390 e. The minimum absolute atomic E-state index is 0.417. The van der Waals surface area contributed by atoms with E-state index in [1.165, 1.54) is 11.1 Å². The van der Waals surface area contributed by atoms with Gasteiger partial charge in [-0.1, -0.05) is 24.3 Å². The topological polar surface area (TPSA) is 90.1 Å². The first-order valence-electron chi connectivity index (χ1n) is 13.2. The van der Waals surface area contributed by atoms with Crippen LogP contribution in [0.15, 0.2) is 64.8 Å². The van der Waals surface area contributed by atoms with Crippen molar-refractivity contribution in [2.75, 3.05) is 38.0 Å². The van der Waals surface area contributed by atoms with Gasteiger partial charge in [-0.05, 0) is 80.9 Å². The van der Waals surface area contributed by atoms with E-state index < -0.39 is 6.10 Å². The van der Waals surface area contributed by atoms with Crippen molar-refractivity contribution in [3.8, 4) is 0 Å². The molecule has 1 unspecified atom stereocenters. The van der Waals surface area contributed by atoms with Gasteiger partial charge in [0.15, 0.2) is 5.84 Å². The number of aromatic nitrogens is 2. The van der Waals surface area contributed by atoms with Crippen LogP contribution in [0.3, 0.4) is 0 Å². The number of aliphatic imine (C=N–C) groups is 2. The number of piperidine rings is 1. The smallest absolute Gasteiger partial charge is 0.161 e. The molecule has 5 rings (SSSR count). The van der Waals surface area contributed by atoms with Gasteiger partial charge >= 0.3 is 0 Å². The first-order chi connectivity index (χ1) is 18.1. The number of aliphatic hydroxyl groups is 1. The van der Waals surface area contributed by atoms with Crippen LogP contribution in [0.5, 0.6) is 0 Å². The van der Waals surface area contributed by atoms with E-state index in [0.29, 0.717) is 30.8 Å². The van der Waals surface area contributed by atoms with Crippen molar-refractivity contribution in [3.63, 3.8) is 0 Å². The SMILES string of the molecule is C=NC(=Nc1c(C)ccn1C1CCNCC1)c1ccnc(NCC(O)CN2CCc3ccccc3C2)c1. The lowest BCUT2D eigenvalue weighted by Gasteiger charge is -2.30. The average molecular weight is 500 g/mol. The Morgan fingerprint density at radius 2 is 2.03 bits per heavy atom. The van der Waals surface area contributed by atoms with Crippen LogP contribution in [0.1, 0.15) is 41.1 Å². The summed E-state index contributed by atoms with van der Waals surface area (Å²) in [5.74, 6) is 2.18. The number of nitrogens with one attached hydrogen (secondary N) is 2. The summed E-state index contributed by atoms with van der Waals surface area (Å²) in [6.45, 7) is 10.8. The Labute approximate surface area is 219 Å². The third-order valence-corrected chi connectivity index (χ3v) is 7.36. The summed E-state index contributed by atoms with van der Waals surface area (Å²) in [5.41, 5.74) is 4.73. The van der Waals surface area contributed by atoms with E-state index in [1.807, 2.05) is 12.1 Å². The van der Waals surface area contributed by atoms with Crippen molar-refractivity contribution in [1.82, 2.24) is 19.8 Å². The van der Waals surface area contributed by atoms with Gasteiger partial charge < -0.3 is 20.3 Å². The number of rotatable bonds is 8. The number of aliphatic hydroxyl groups excluding tert-OH is 1. The van der Waals surface area contributed by atoms with E-state index in [1.54, 1.807) is 6.20 Å². The lowest BCUT2D eigenvalue weighted by atomic mass is 10.00. The highest BCUT2D eigenvalue weighted by Crippen LogP contribution is 2.30. The molecular weight excluding hydrogens is 462 g/mol.